The molecule has 1 heteroatoms. The summed E-state index contributed by atoms with van der Waals surface area (Å²) in [7, 11) is 0. The number of thiophene rings is 1. The molecule has 1 heterocycles. The van der Waals surface area contributed by atoms with Crippen LogP contribution in [0.2, 0.25) is 0 Å². The summed E-state index contributed by atoms with van der Waals surface area (Å²) in [6, 6.07) is 82.2. The van der Waals surface area contributed by atoms with Crippen molar-refractivity contribution in [3.05, 3.63) is 218 Å². The molecule has 0 N–H and O–H groups in total. The number of hydrogen-bond acceptors (Lipinski definition) is 1. The lowest BCUT2D eigenvalue weighted by Crippen LogP contribution is -1.93. The van der Waals surface area contributed by atoms with Crippen LogP contribution in [0.3, 0.4) is 0 Å². The largest absolute Gasteiger partial charge is 0.135 e. The summed E-state index contributed by atoms with van der Waals surface area (Å²) in [4.78, 5) is 0. The number of rotatable bonds is 4. The Morgan fingerprint density at radius 3 is 1.42 bits per heavy atom. The first kappa shape index (κ1) is 35.4. The first-order valence-electron chi connectivity index (χ1n) is 22.6. The van der Waals surface area contributed by atoms with Crippen LogP contribution in [-0.4, -0.2) is 0 Å². The summed E-state index contributed by atoms with van der Waals surface area (Å²) < 4.78 is 2.64. The van der Waals surface area contributed by atoms with E-state index < -0.39 is 0 Å². The molecule has 298 valence electrons. The molecule has 15 rings (SSSR count). The van der Waals surface area contributed by atoms with Crippen LogP contribution in [0, 0.1) is 0 Å². The molecule has 0 radical (unpaired) electrons. The van der Waals surface area contributed by atoms with Crippen molar-refractivity contribution in [2.24, 2.45) is 0 Å². The van der Waals surface area contributed by atoms with Gasteiger partial charge in [0.25, 0.3) is 0 Å². The van der Waals surface area contributed by atoms with E-state index in [2.05, 4.69) is 218 Å². The Balaban J connectivity index is 1.04. The fraction of sp³-hybridized carbons (Fsp3) is 0. The van der Waals surface area contributed by atoms with E-state index in [0.717, 1.165) is 0 Å². The van der Waals surface area contributed by atoms with Crippen LogP contribution in [-0.2, 0) is 0 Å². The second kappa shape index (κ2) is 13.2. The van der Waals surface area contributed by atoms with Gasteiger partial charge in [0.2, 0.25) is 0 Å². The van der Waals surface area contributed by atoms with Crippen LogP contribution in [0.1, 0.15) is 0 Å². The van der Waals surface area contributed by atoms with Gasteiger partial charge in [-0.1, -0.05) is 200 Å². The highest BCUT2D eigenvalue weighted by Gasteiger charge is 2.31. The summed E-state index contributed by atoms with van der Waals surface area (Å²) in [5, 5.41) is 18.3. The van der Waals surface area contributed by atoms with Gasteiger partial charge in [-0.25, -0.2) is 0 Å². The maximum atomic E-state index is 2.50. The highest BCUT2D eigenvalue weighted by atomic mass is 32.1. The van der Waals surface area contributed by atoms with Crippen molar-refractivity contribution in [1.82, 2.24) is 0 Å². The van der Waals surface area contributed by atoms with Crippen LogP contribution in [0.5, 0.6) is 0 Å². The van der Waals surface area contributed by atoms with Crippen molar-refractivity contribution in [2.75, 3.05) is 0 Å². The Kier molecular flexibility index (Phi) is 7.19. The standard InChI is InChI=1S/C64H36S/c1-3-15-38(16-4-1)58-48-22-7-8-23-49(48)59(39-17-5-2-6-18-39)63-53-34-32-42(45-27-14-29-52(61(45)53)62(58)63)54-35-40(36-55-43-21-9-10-30-56(43)65-64(54)55)41-31-33-51-47-25-12-20-37-19-11-24-46(57(37)47)50-28-13-26-44(41)60(50)51/h1-36H. The molecular weight excluding hydrogens is 801 g/mol. The van der Waals surface area contributed by atoms with Crippen LogP contribution >= 0.6 is 11.3 Å². The van der Waals surface area contributed by atoms with Gasteiger partial charge in [-0.3, -0.25) is 0 Å². The zero-order chi connectivity index (χ0) is 42.3. The summed E-state index contributed by atoms with van der Waals surface area (Å²) in [6.45, 7) is 0. The maximum Gasteiger partial charge on any atom is 0.0434 e. The third-order valence-electron chi connectivity index (χ3n) is 14.5. The first-order valence-corrected chi connectivity index (χ1v) is 23.4. The van der Waals surface area contributed by atoms with Crippen molar-refractivity contribution in [2.45, 2.75) is 0 Å². The van der Waals surface area contributed by atoms with Crippen LogP contribution in [0.4, 0.5) is 0 Å². The molecular formula is C64H36S. The van der Waals surface area contributed by atoms with Crippen LogP contribution in [0.15, 0.2) is 218 Å². The van der Waals surface area contributed by atoms with Gasteiger partial charge in [0.15, 0.2) is 0 Å². The molecule has 1 aliphatic rings. The van der Waals surface area contributed by atoms with Gasteiger partial charge < -0.3 is 0 Å². The molecule has 1 aliphatic carbocycles. The minimum absolute atomic E-state index is 1.24. The fourth-order valence-corrected chi connectivity index (χ4v) is 13.1. The minimum atomic E-state index is 1.24. The Hall–Kier alpha value is -8.10. The van der Waals surface area contributed by atoms with Gasteiger partial charge in [-0.15, -0.1) is 11.3 Å². The molecule has 0 aliphatic heterocycles. The Morgan fingerprint density at radius 1 is 0.231 bits per heavy atom. The zero-order valence-corrected chi connectivity index (χ0v) is 36.0. The van der Waals surface area contributed by atoms with Gasteiger partial charge in [0.05, 0.1) is 0 Å². The fourth-order valence-electron chi connectivity index (χ4n) is 11.9. The predicted molar refractivity (Wildman–Crippen MR) is 282 cm³/mol. The molecule has 0 saturated carbocycles. The Labute approximate surface area is 379 Å². The van der Waals surface area contributed by atoms with E-state index in [1.54, 1.807) is 0 Å². The second-order valence-electron chi connectivity index (χ2n) is 17.8. The molecule has 1 aromatic heterocycles. The topological polar surface area (TPSA) is 0 Å². The predicted octanol–water partition coefficient (Wildman–Crippen LogP) is 18.7. The molecule has 0 saturated heterocycles. The molecule has 0 fully saturated rings. The molecule has 13 aromatic carbocycles. The minimum Gasteiger partial charge on any atom is -0.135 e. The van der Waals surface area contributed by atoms with E-state index in [0.29, 0.717) is 0 Å². The molecule has 0 spiro atoms. The van der Waals surface area contributed by atoms with E-state index in [9.17, 15) is 0 Å². The lowest BCUT2D eigenvalue weighted by molar-refractivity contribution is 1.62. The van der Waals surface area contributed by atoms with Gasteiger partial charge in [-0.2, -0.15) is 0 Å². The normalized spacial score (nSPS) is 12.3. The summed E-state index contributed by atoms with van der Waals surface area (Å²) in [5.41, 5.74) is 15.4. The average Bonchev–Trinajstić information content (AvgIpc) is 3.91. The molecule has 14 aromatic rings. The van der Waals surface area contributed by atoms with E-state index in [-0.39, 0.29) is 0 Å². The van der Waals surface area contributed by atoms with Crippen molar-refractivity contribution in [1.29, 1.82) is 0 Å². The summed E-state index contributed by atoms with van der Waals surface area (Å²) in [5.74, 6) is 0. The van der Waals surface area contributed by atoms with E-state index in [4.69, 9.17) is 0 Å². The third kappa shape index (κ3) is 4.80. The number of hydrogen-bond donors (Lipinski definition) is 0. The first-order chi connectivity index (χ1) is 32.3. The smallest absolute Gasteiger partial charge is 0.0434 e. The number of fused-ring (bicyclic) bond motifs is 9. The SMILES string of the molecule is c1ccc(-c2c3c(c(-c4ccccc4)c4ccccc24)-c2ccc(-c4cc(-c5ccc6c7cccc8cccc(c9cccc5c96)c87)cc5c4sc4ccccc45)c4cccc-3c24)cc1. The van der Waals surface area contributed by atoms with E-state index >= 15 is 0 Å². The summed E-state index contributed by atoms with van der Waals surface area (Å²) >= 11 is 1.92. The molecule has 0 atom stereocenters. The monoisotopic (exact) mass is 836 g/mol. The maximum absolute atomic E-state index is 2.50. The van der Waals surface area contributed by atoms with Crippen molar-refractivity contribution >= 4 is 96.1 Å². The highest BCUT2D eigenvalue weighted by Crippen LogP contribution is 2.59. The van der Waals surface area contributed by atoms with Crippen LogP contribution in [0.25, 0.3) is 152 Å². The van der Waals surface area contributed by atoms with Crippen molar-refractivity contribution < 1.29 is 0 Å². The number of benzene rings is 13. The second-order valence-corrected chi connectivity index (χ2v) is 18.8. The lowest BCUT2D eigenvalue weighted by atomic mass is 9.82. The van der Waals surface area contributed by atoms with E-state index in [1.165, 1.54) is 152 Å². The average molecular weight is 837 g/mol. The lowest BCUT2D eigenvalue weighted by Gasteiger charge is -2.20. The van der Waals surface area contributed by atoms with Gasteiger partial charge >= 0.3 is 0 Å². The Morgan fingerprint density at radius 2 is 0.723 bits per heavy atom. The van der Waals surface area contributed by atoms with Crippen molar-refractivity contribution in [3.63, 3.8) is 0 Å². The Bertz CT molecular complexity index is 4180. The van der Waals surface area contributed by atoms with E-state index in [1.807, 2.05) is 11.3 Å². The third-order valence-corrected chi connectivity index (χ3v) is 15.7. The molecule has 0 nitrogen and oxygen atoms in total. The quantitative estimate of drug-likeness (QED) is 0.122. The van der Waals surface area contributed by atoms with Gasteiger partial charge in [0, 0.05) is 25.7 Å². The van der Waals surface area contributed by atoms with Crippen LogP contribution < -0.4 is 0 Å². The molecule has 65 heavy (non-hydrogen) atoms. The summed E-state index contributed by atoms with van der Waals surface area (Å²) in [6.07, 6.45) is 0. The molecule has 0 bridgehead atoms. The van der Waals surface area contributed by atoms with Gasteiger partial charge in [0.1, 0.15) is 0 Å². The van der Waals surface area contributed by atoms with Gasteiger partial charge in [-0.05, 0) is 144 Å². The van der Waals surface area contributed by atoms with Crippen molar-refractivity contribution in [3.8, 4) is 66.8 Å². The molecule has 0 unspecified atom stereocenters. The zero-order valence-electron chi connectivity index (χ0n) is 35.2. The molecule has 0 amide bonds. The highest BCUT2D eigenvalue weighted by molar-refractivity contribution is 7.26.